The van der Waals surface area contributed by atoms with Crippen LogP contribution in [0.1, 0.15) is 5.56 Å². The topological polar surface area (TPSA) is 88.1 Å². The first-order chi connectivity index (χ1) is 13.8. The number of rotatable bonds is 5. The lowest BCUT2D eigenvalue weighted by molar-refractivity contribution is -0.132. The van der Waals surface area contributed by atoms with Gasteiger partial charge in [-0.25, -0.2) is 13.9 Å². The third kappa shape index (κ3) is 4.24. The summed E-state index contributed by atoms with van der Waals surface area (Å²) in [5.41, 5.74) is 0.992. The summed E-state index contributed by atoms with van der Waals surface area (Å²) in [7, 11) is 1.49. The summed E-state index contributed by atoms with van der Waals surface area (Å²) in [5.74, 6) is -1.57. The summed E-state index contributed by atoms with van der Waals surface area (Å²) in [6.07, 6.45) is 2.68. The molecule has 6 nitrogen and oxygen atoms in total. The zero-order valence-corrected chi connectivity index (χ0v) is 16.4. The lowest BCUT2D eigenvalue weighted by Crippen LogP contribution is -1.97. The maximum absolute atomic E-state index is 14.0. The number of methoxy groups -OCH3 is 1. The number of nitriles is 1. The van der Waals surface area contributed by atoms with Crippen molar-refractivity contribution < 1.29 is 19.0 Å². The molecule has 1 heterocycles. The van der Waals surface area contributed by atoms with Crippen LogP contribution in [0.2, 0.25) is 10.0 Å². The molecule has 3 aromatic rings. The van der Waals surface area contributed by atoms with Crippen LogP contribution in [0.25, 0.3) is 23.0 Å². The standard InChI is InChI=1S/C20H12Cl2FN3O3/c1-29-18-5-3-14(8-16(18)22)26-10-13(6-12(9-24)20(27)28)19(25-26)11-2-4-15(21)17(23)7-11/h2-8,10H,1H3,(H,27,28)/b12-6+. The van der Waals surface area contributed by atoms with Crippen molar-refractivity contribution in [2.24, 2.45) is 0 Å². The fourth-order valence-corrected chi connectivity index (χ4v) is 2.96. The van der Waals surface area contributed by atoms with Gasteiger partial charge < -0.3 is 9.84 Å². The maximum Gasteiger partial charge on any atom is 0.346 e. The SMILES string of the molecule is COc1ccc(-n2cc(/C=C(\C#N)C(=O)O)c(-c3ccc(Cl)c(F)c3)n2)cc1Cl. The van der Waals surface area contributed by atoms with Crippen LogP contribution >= 0.6 is 23.2 Å². The highest BCUT2D eigenvalue weighted by Gasteiger charge is 2.16. The van der Waals surface area contributed by atoms with Gasteiger partial charge in [-0.2, -0.15) is 10.4 Å². The molecule has 3 rings (SSSR count). The fourth-order valence-electron chi connectivity index (χ4n) is 2.59. The van der Waals surface area contributed by atoms with E-state index in [4.69, 9.17) is 38.3 Å². The molecule has 146 valence electrons. The molecule has 0 bridgehead atoms. The van der Waals surface area contributed by atoms with Crippen molar-refractivity contribution in [3.63, 3.8) is 0 Å². The van der Waals surface area contributed by atoms with Crippen LogP contribution in [0, 0.1) is 17.1 Å². The number of aromatic nitrogens is 2. The molecule has 0 spiro atoms. The van der Waals surface area contributed by atoms with Crippen LogP contribution in [0.3, 0.4) is 0 Å². The van der Waals surface area contributed by atoms with Crippen molar-refractivity contribution >= 4 is 35.2 Å². The first kappa shape index (κ1) is 20.4. The average molecular weight is 432 g/mol. The molecule has 1 aromatic heterocycles. The summed E-state index contributed by atoms with van der Waals surface area (Å²) in [4.78, 5) is 11.2. The number of hydrogen-bond donors (Lipinski definition) is 1. The molecule has 0 amide bonds. The van der Waals surface area contributed by atoms with E-state index in [1.165, 1.54) is 36.2 Å². The number of hydrogen-bond acceptors (Lipinski definition) is 4. The van der Waals surface area contributed by atoms with E-state index in [2.05, 4.69) is 5.10 Å². The summed E-state index contributed by atoms with van der Waals surface area (Å²) >= 11 is 11.9. The molecule has 0 unspecified atom stereocenters. The minimum atomic E-state index is -1.39. The van der Waals surface area contributed by atoms with Gasteiger partial charge in [0.15, 0.2) is 0 Å². The Morgan fingerprint density at radius 2 is 2.03 bits per heavy atom. The van der Waals surface area contributed by atoms with Crippen molar-refractivity contribution in [2.75, 3.05) is 7.11 Å². The third-order valence-electron chi connectivity index (χ3n) is 3.99. The van der Waals surface area contributed by atoms with Crippen molar-refractivity contribution in [1.29, 1.82) is 5.26 Å². The second-order valence-corrected chi connectivity index (χ2v) is 6.61. The number of carboxylic acids is 1. The number of ether oxygens (including phenoxy) is 1. The van der Waals surface area contributed by atoms with Crippen LogP contribution in [0.15, 0.2) is 48.2 Å². The van der Waals surface area contributed by atoms with Gasteiger partial charge in [-0.05, 0) is 36.4 Å². The van der Waals surface area contributed by atoms with Crippen molar-refractivity contribution in [2.45, 2.75) is 0 Å². The van der Waals surface area contributed by atoms with E-state index >= 15 is 0 Å². The smallest absolute Gasteiger partial charge is 0.346 e. The molecule has 1 N–H and O–H groups in total. The fraction of sp³-hybridized carbons (Fsp3) is 0.0500. The minimum Gasteiger partial charge on any atom is -0.495 e. The average Bonchev–Trinajstić information content (AvgIpc) is 3.11. The Hall–Kier alpha value is -3.34. The van der Waals surface area contributed by atoms with Crippen LogP contribution < -0.4 is 4.74 Å². The number of carbonyl (C=O) groups is 1. The third-order valence-corrected chi connectivity index (χ3v) is 4.59. The Bertz CT molecular complexity index is 1180. The van der Waals surface area contributed by atoms with Gasteiger partial charge in [0.05, 0.1) is 22.8 Å². The predicted octanol–water partition coefficient (Wildman–Crippen LogP) is 4.99. The number of carboxylic acid groups (broad SMARTS) is 1. The predicted molar refractivity (Wildman–Crippen MR) is 107 cm³/mol. The van der Waals surface area contributed by atoms with Crippen LogP contribution in [0.4, 0.5) is 4.39 Å². The van der Waals surface area contributed by atoms with E-state index < -0.39 is 17.4 Å². The molecule has 2 aromatic carbocycles. The van der Waals surface area contributed by atoms with Gasteiger partial charge >= 0.3 is 5.97 Å². The lowest BCUT2D eigenvalue weighted by Gasteiger charge is -2.06. The lowest BCUT2D eigenvalue weighted by atomic mass is 10.1. The van der Waals surface area contributed by atoms with Crippen LogP contribution in [-0.4, -0.2) is 28.0 Å². The highest BCUT2D eigenvalue weighted by Crippen LogP contribution is 2.30. The Balaban J connectivity index is 2.20. The molecule has 0 saturated carbocycles. The van der Waals surface area contributed by atoms with Crippen molar-refractivity contribution in [1.82, 2.24) is 9.78 Å². The van der Waals surface area contributed by atoms with Gasteiger partial charge in [0.1, 0.15) is 28.9 Å². The van der Waals surface area contributed by atoms with Crippen molar-refractivity contribution in [3.05, 3.63) is 69.6 Å². The number of benzene rings is 2. The molecule has 0 saturated heterocycles. The molecular weight excluding hydrogens is 420 g/mol. The second-order valence-electron chi connectivity index (χ2n) is 5.80. The van der Waals surface area contributed by atoms with Gasteiger partial charge in [-0.1, -0.05) is 29.3 Å². The normalized spacial score (nSPS) is 11.2. The minimum absolute atomic E-state index is 0.0598. The molecule has 0 fully saturated rings. The van der Waals surface area contributed by atoms with Gasteiger partial charge in [-0.3, -0.25) is 0 Å². The van der Waals surface area contributed by atoms with E-state index in [0.29, 0.717) is 27.6 Å². The van der Waals surface area contributed by atoms with E-state index in [1.54, 1.807) is 30.3 Å². The first-order valence-corrected chi connectivity index (χ1v) is 8.83. The quantitative estimate of drug-likeness (QED) is 0.454. The van der Waals surface area contributed by atoms with Crippen LogP contribution in [-0.2, 0) is 4.79 Å². The van der Waals surface area contributed by atoms with Crippen molar-refractivity contribution in [3.8, 4) is 28.8 Å². The molecule has 9 heteroatoms. The Morgan fingerprint density at radius 3 is 2.62 bits per heavy atom. The molecule has 0 aliphatic carbocycles. The first-order valence-electron chi connectivity index (χ1n) is 8.08. The zero-order valence-electron chi connectivity index (χ0n) is 14.9. The summed E-state index contributed by atoms with van der Waals surface area (Å²) in [6, 6.07) is 10.7. The highest BCUT2D eigenvalue weighted by molar-refractivity contribution is 6.32. The Labute approximate surface area is 175 Å². The number of aliphatic carboxylic acids is 1. The highest BCUT2D eigenvalue weighted by atomic mass is 35.5. The monoisotopic (exact) mass is 431 g/mol. The van der Waals surface area contributed by atoms with Gasteiger partial charge in [0.25, 0.3) is 0 Å². The molecule has 0 aliphatic heterocycles. The summed E-state index contributed by atoms with van der Waals surface area (Å²) in [6.45, 7) is 0. The molecule has 0 atom stereocenters. The molecule has 0 aliphatic rings. The zero-order chi connectivity index (χ0) is 21.1. The number of nitrogens with zero attached hydrogens (tertiary/aromatic N) is 3. The van der Waals surface area contributed by atoms with E-state index in [1.807, 2.05) is 0 Å². The van der Waals surface area contributed by atoms with E-state index in [0.717, 1.165) is 0 Å². The second kappa shape index (κ2) is 8.35. The van der Waals surface area contributed by atoms with Gasteiger partial charge in [0.2, 0.25) is 0 Å². The Morgan fingerprint density at radius 1 is 1.28 bits per heavy atom. The molecular formula is C20H12Cl2FN3O3. The largest absolute Gasteiger partial charge is 0.495 e. The van der Waals surface area contributed by atoms with Gasteiger partial charge in [-0.15, -0.1) is 0 Å². The van der Waals surface area contributed by atoms with Crippen LogP contribution in [0.5, 0.6) is 5.75 Å². The number of halogens is 3. The maximum atomic E-state index is 14.0. The van der Waals surface area contributed by atoms with E-state index in [-0.39, 0.29) is 10.7 Å². The summed E-state index contributed by atoms with van der Waals surface area (Å²) in [5, 5.41) is 23.0. The van der Waals surface area contributed by atoms with Gasteiger partial charge in [0, 0.05) is 17.3 Å². The molecule has 29 heavy (non-hydrogen) atoms. The summed E-state index contributed by atoms with van der Waals surface area (Å²) < 4.78 is 20.5. The Kier molecular flexibility index (Phi) is 5.87. The van der Waals surface area contributed by atoms with E-state index in [9.17, 15) is 9.18 Å². The molecule has 0 radical (unpaired) electrons.